The molecule has 4 rings (SSSR count). The number of hydrogen-bond acceptors (Lipinski definition) is 7. The second-order valence-corrected chi connectivity index (χ2v) is 10.9. The first kappa shape index (κ1) is 24.5. The van der Waals surface area contributed by atoms with Crippen molar-refractivity contribution < 1.29 is 4.74 Å². The lowest BCUT2D eigenvalue weighted by atomic mass is 10.1. The standard InChI is InChI=1S/C23H27Cl2N5OS2/c1-5-8-33-23-28-20-19(22(29-23)32-4)21-26-15(11-30(21)18(27-20)9-13(2)3)12-31-17-7-6-14(24)10-16(17)25/h6-7,10-11,13,18H,5,8-9,12H2,1-4H3,(H,27,28,29). The Morgan fingerprint density at radius 3 is 2.73 bits per heavy atom. The molecule has 33 heavy (non-hydrogen) atoms. The van der Waals surface area contributed by atoms with Crippen molar-refractivity contribution >= 4 is 52.5 Å². The van der Waals surface area contributed by atoms with E-state index in [0.717, 1.165) is 51.7 Å². The molecule has 0 fully saturated rings. The van der Waals surface area contributed by atoms with E-state index in [1.807, 2.05) is 12.5 Å². The Morgan fingerprint density at radius 1 is 1.21 bits per heavy atom. The van der Waals surface area contributed by atoms with Crippen LogP contribution in [0.5, 0.6) is 5.75 Å². The molecule has 1 aliphatic heterocycles. The Hall–Kier alpha value is -1.61. The van der Waals surface area contributed by atoms with Crippen molar-refractivity contribution in [2.24, 2.45) is 5.92 Å². The van der Waals surface area contributed by atoms with Gasteiger partial charge in [0.05, 0.1) is 16.3 Å². The fourth-order valence-electron chi connectivity index (χ4n) is 3.66. The molecule has 0 amide bonds. The maximum absolute atomic E-state index is 6.27. The number of thioether (sulfide) groups is 2. The van der Waals surface area contributed by atoms with Crippen LogP contribution in [0.25, 0.3) is 11.4 Å². The molecule has 6 nitrogen and oxygen atoms in total. The highest BCUT2D eigenvalue weighted by Gasteiger charge is 2.30. The molecule has 0 saturated heterocycles. The SMILES string of the molecule is CCCSc1nc2c(c(SC)n1)-c1nc(COc3ccc(Cl)cc3Cl)cn1C(CC(C)C)N2. The highest BCUT2D eigenvalue weighted by atomic mass is 35.5. The minimum absolute atomic E-state index is 0.0569. The molecule has 176 valence electrons. The zero-order valence-electron chi connectivity index (χ0n) is 19.1. The van der Waals surface area contributed by atoms with Crippen molar-refractivity contribution in [1.29, 1.82) is 0 Å². The van der Waals surface area contributed by atoms with Crippen LogP contribution >= 0.6 is 46.7 Å². The Balaban J connectivity index is 1.69. The van der Waals surface area contributed by atoms with Gasteiger partial charge in [0.25, 0.3) is 0 Å². The third-order valence-electron chi connectivity index (χ3n) is 5.09. The highest BCUT2D eigenvalue weighted by molar-refractivity contribution is 7.99. The lowest BCUT2D eigenvalue weighted by molar-refractivity contribution is 0.302. The van der Waals surface area contributed by atoms with Gasteiger partial charge in [-0.2, -0.15) is 0 Å². The Bertz CT molecular complexity index is 1140. The minimum atomic E-state index is 0.0569. The van der Waals surface area contributed by atoms with Crippen molar-refractivity contribution in [1.82, 2.24) is 19.5 Å². The quantitative estimate of drug-likeness (QED) is 0.178. The van der Waals surface area contributed by atoms with E-state index >= 15 is 0 Å². The van der Waals surface area contributed by atoms with E-state index in [-0.39, 0.29) is 6.17 Å². The van der Waals surface area contributed by atoms with Gasteiger partial charge >= 0.3 is 0 Å². The predicted molar refractivity (Wildman–Crippen MR) is 139 cm³/mol. The molecule has 1 aromatic carbocycles. The van der Waals surface area contributed by atoms with Crippen molar-refractivity contribution in [3.05, 3.63) is 40.1 Å². The molecule has 3 aromatic rings. The van der Waals surface area contributed by atoms with Gasteiger partial charge in [0, 0.05) is 17.0 Å². The van der Waals surface area contributed by atoms with E-state index < -0.39 is 0 Å². The Morgan fingerprint density at radius 2 is 2.03 bits per heavy atom. The van der Waals surface area contributed by atoms with Gasteiger partial charge in [-0.25, -0.2) is 15.0 Å². The van der Waals surface area contributed by atoms with Crippen molar-refractivity contribution in [3.8, 4) is 17.1 Å². The second kappa shape index (κ2) is 10.8. The minimum Gasteiger partial charge on any atom is -0.486 e. The number of nitrogens with zero attached hydrogens (tertiary/aromatic N) is 4. The number of rotatable bonds is 9. The number of benzene rings is 1. The van der Waals surface area contributed by atoms with Crippen LogP contribution in [0.4, 0.5) is 5.82 Å². The molecular weight excluding hydrogens is 497 g/mol. The summed E-state index contributed by atoms with van der Waals surface area (Å²) in [6.45, 7) is 6.90. The maximum atomic E-state index is 6.27. The van der Waals surface area contributed by atoms with Gasteiger partial charge in [-0.1, -0.05) is 55.7 Å². The van der Waals surface area contributed by atoms with Crippen LogP contribution in [-0.4, -0.2) is 31.5 Å². The van der Waals surface area contributed by atoms with Crippen molar-refractivity contribution in [3.63, 3.8) is 0 Å². The second-order valence-electron chi connectivity index (χ2n) is 8.20. The Labute approximate surface area is 213 Å². The van der Waals surface area contributed by atoms with Gasteiger partial charge in [-0.3, -0.25) is 0 Å². The molecular formula is C23H27Cl2N5OS2. The third kappa shape index (κ3) is 5.56. The third-order valence-corrected chi connectivity index (χ3v) is 7.36. The van der Waals surface area contributed by atoms with Crippen LogP contribution in [0, 0.1) is 5.92 Å². The number of anilines is 1. The Kier molecular flexibility index (Phi) is 7.99. The maximum Gasteiger partial charge on any atom is 0.190 e. The molecule has 0 bridgehead atoms. The largest absolute Gasteiger partial charge is 0.486 e. The summed E-state index contributed by atoms with van der Waals surface area (Å²) in [7, 11) is 0. The summed E-state index contributed by atoms with van der Waals surface area (Å²) >= 11 is 15.6. The zero-order valence-corrected chi connectivity index (χ0v) is 22.2. The molecule has 1 N–H and O–H groups in total. The molecule has 0 saturated carbocycles. The molecule has 0 radical (unpaired) electrons. The molecule has 3 heterocycles. The van der Waals surface area contributed by atoms with Crippen LogP contribution in [0.2, 0.25) is 10.0 Å². The summed E-state index contributed by atoms with van der Waals surface area (Å²) in [4.78, 5) is 14.6. The van der Waals surface area contributed by atoms with E-state index in [1.165, 1.54) is 0 Å². The number of imidazole rings is 1. The van der Waals surface area contributed by atoms with Gasteiger partial charge < -0.3 is 14.6 Å². The van der Waals surface area contributed by atoms with Crippen LogP contribution in [0.3, 0.4) is 0 Å². The summed E-state index contributed by atoms with van der Waals surface area (Å²) in [5.41, 5.74) is 1.76. The highest BCUT2D eigenvalue weighted by Crippen LogP contribution is 2.42. The number of halogens is 2. The van der Waals surface area contributed by atoms with E-state index in [1.54, 1.807) is 41.7 Å². The topological polar surface area (TPSA) is 64.9 Å². The number of aromatic nitrogens is 4. The molecule has 1 atom stereocenters. The summed E-state index contributed by atoms with van der Waals surface area (Å²) in [5, 5.41) is 6.43. The number of fused-ring (bicyclic) bond motifs is 3. The zero-order chi connectivity index (χ0) is 23.5. The lowest BCUT2D eigenvalue weighted by Gasteiger charge is -2.30. The van der Waals surface area contributed by atoms with E-state index in [4.69, 9.17) is 42.9 Å². The molecule has 10 heteroatoms. The van der Waals surface area contributed by atoms with Crippen LogP contribution in [-0.2, 0) is 6.61 Å². The van der Waals surface area contributed by atoms with E-state index in [9.17, 15) is 0 Å². The number of hydrogen-bond donors (Lipinski definition) is 1. The first-order chi connectivity index (χ1) is 15.9. The van der Waals surface area contributed by atoms with Crippen molar-refractivity contribution in [2.45, 2.75) is 56.6 Å². The van der Waals surface area contributed by atoms with Gasteiger partial charge in [0.15, 0.2) is 5.16 Å². The summed E-state index contributed by atoms with van der Waals surface area (Å²) in [5.74, 6) is 3.79. The van der Waals surface area contributed by atoms with Crippen LogP contribution < -0.4 is 10.1 Å². The molecule has 1 aliphatic rings. The van der Waals surface area contributed by atoms with Gasteiger partial charge in [-0.05, 0) is 43.2 Å². The summed E-state index contributed by atoms with van der Waals surface area (Å²) in [6, 6.07) is 5.20. The molecule has 2 aromatic heterocycles. The number of ether oxygens (including phenoxy) is 1. The first-order valence-electron chi connectivity index (χ1n) is 10.9. The van der Waals surface area contributed by atoms with Gasteiger partial charge in [-0.15, -0.1) is 11.8 Å². The van der Waals surface area contributed by atoms with Gasteiger partial charge in [0.2, 0.25) is 0 Å². The molecule has 0 spiro atoms. The predicted octanol–water partition coefficient (Wildman–Crippen LogP) is 7.42. The van der Waals surface area contributed by atoms with Crippen molar-refractivity contribution in [2.75, 3.05) is 17.3 Å². The summed E-state index contributed by atoms with van der Waals surface area (Å²) in [6.07, 6.45) is 6.17. The normalized spacial score (nSPS) is 14.7. The molecule has 1 unspecified atom stereocenters. The lowest BCUT2D eigenvalue weighted by Crippen LogP contribution is -2.26. The molecule has 0 aliphatic carbocycles. The fourth-order valence-corrected chi connectivity index (χ4v) is 5.45. The monoisotopic (exact) mass is 523 g/mol. The average Bonchev–Trinajstić information content (AvgIpc) is 3.20. The van der Waals surface area contributed by atoms with E-state index in [2.05, 4.69) is 30.7 Å². The number of nitrogens with one attached hydrogen (secondary N) is 1. The van der Waals surface area contributed by atoms with Crippen LogP contribution in [0.1, 0.15) is 45.5 Å². The van der Waals surface area contributed by atoms with Gasteiger partial charge in [0.1, 0.15) is 35.2 Å². The fraction of sp³-hybridized carbons (Fsp3) is 0.435. The van der Waals surface area contributed by atoms with E-state index in [0.29, 0.717) is 28.3 Å². The smallest absolute Gasteiger partial charge is 0.190 e. The summed E-state index contributed by atoms with van der Waals surface area (Å²) < 4.78 is 8.14. The van der Waals surface area contributed by atoms with Crippen LogP contribution in [0.15, 0.2) is 34.6 Å². The first-order valence-corrected chi connectivity index (χ1v) is 13.9. The average molecular weight is 525 g/mol.